The summed E-state index contributed by atoms with van der Waals surface area (Å²) in [5, 5.41) is 3.37. The van der Waals surface area contributed by atoms with E-state index >= 15 is 0 Å². The van der Waals surface area contributed by atoms with Gasteiger partial charge in [-0.2, -0.15) is 0 Å². The summed E-state index contributed by atoms with van der Waals surface area (Å²) in [5.74, 6) is 0. The summed E-state index contributed by atoms with van der Waals surface area (Å²) in [6, 6.07) is 11.2. The minimum absolute atomic E-state index is 0.277. The molecule has 1 N–H and O–H groups in total. The largest absolute Gasteiger partial charge is 0.317 e. The molecule has 2 heteroatoms. The summed E-state index contributed by atoms with van der Waals surface area (Å²) in [5.41, 5.74) is 1.67. The lowest BCUT2D eigenvalue weighted by Gasteiger charge is -2.36. The van der Waals surface area contributed by atoms with Crippen LogP contribution in [0.2, 0.25) is 0 Å². The van der Waals surface area contributed by atoms with Crippen molar-refractivity contribution < 1.29 is 0 Å². The van der Waals surface area contributed by atoms with E-state index in [9.17, 15) is 0 Å². The molecule has 2 nitrogen and oxygen atoms in total. The SMILES string of the molecule is CCN(Cc1ccccc1)CC(C)(C)C(C)NC. The molecule has 0 saturated carbocycles. The lowest BCUT2D eigenvalue weighted by atomic mass is 9.84. The molecular formula is C16H28N2. The van der Waals surface area contributed by atoms with Gasteiger partial charge in [-0.3, -0.25) is 4.90 Å². The van der Waals surface area contributed by atoms with Crippen molar-refractivity contribution >= 4 is 0 Å². The van der Waals surface area contributed by atoms with Gasteiger partial charge in [0.25, 0.3) is 0 Å². The zero-order chi connectivity index (χ0) is 13.6. The molecule has 0 spiro atoms. The van der Waals surface area contributed by atoms with Crippen LogP contribution in [0.1, 0.15) is 33.3 Å². The van der Waals surface area contributed by atoms with Crippen LogP contribution in [0, 0.1) is 5.41 Å². The van der Waals surface area contributed by atoms with E-state index in [-0.39, 0.29) is 5.41 Å². The fourth-order valence-corrected chi connectivity index (χ4v) is 2.23. The summed E-state index contributed by atoms with van der Waals surface area (Å²) >= 11 is 0. The van der Waals surface area contributed by atoms with E-state index < -0.39 is 0 Å². The molecule has 0 aliphatic heterocycles. The van der Waals surface area contributed by atoms with E-state index in [2.05, 4.69) is 68.2 Å². The number of hydrogen-bond donors (Lipinski definition) is 1. The minimum Gasteiger partial charge on any atom is -0.317 e. The van der Waals surface area contributed by atoms with E-state index in [0.717, 1.165) is 19.6 Å². The molecule has 0 aliphatic rings. The molecule has 0 saturated heterocycles. The first-order valence-corrected chi connectivity index (χ1v) is 6.93. The van der Waals surface area contributed by atoms with Crippen molar-refractivity contribution in [1.82, 2.24) is 10.2 Å². The highest BCUT2D eigenvalue weighted by Gasteiger charge is 2.26. The van der Waals surface area contributed by atoms with Crippen LogP contribution >= 0.6 is 0 Å². The quantitative estimate of drug-likeness (QED) is 0.797. The van der Waals surface area contributed by atoms with Gasteiger partial charge < -0.3 is 5.32 Å². The molecule has 102 valence electrons. The van der Waals surface area contributed by atoms with Crippen molar-refractivity contribution in [2.45, 2.75) is 40.3 Å². The Morgan fingerprint density at radius 3 is 2.33 bits per heavy atom. The molecule has 0 aromatic heterocycles. The van der Waals surface area contributed by atoms with Gasteiger partial charge in [0, 0.05) is 19.1 Å². The van der Waals surface area contributed by atoms with Crippen molar-refractivity contribution in [3.8, 4) is 0 Å². The zero-order valence-electron chi connectivity index (χ0n) is 12.5. The van der Waals surface area contributed by atoms with Crippen LogP contribution in [0.3, 0.4) is 0 Å². The molecule has 1 aromatic rings. The van der Waals surface area contributed by atoms with Crippen LogP contribution in [0.15, 0.2) is 30.3 Å². The van der Waals surface area contributed by atoms with E-state index in [1.165, 1.54) is 5.56 Å². The number of rotatable bonds is 7. The molecule has 1 atom stereocenters. The third kappa shape index (κ3) is 4.43. The summed E-state index contributed by atoms with van der Waals surface area (Å²) in [6.07, 6.45) is 0. The molecule has 0 aliphatic carbocycles. The molecule has 18 heavy (non-hydrogen) atoms. The topological polar surface area (TPSA) is 15.3 Å². The fraction of sp³-hybridized carbons (Fsp3) is 0.625. The number of benzene rings is 1. The van der Waals surface area contributed by atoms with E-state index in [4.69, 9.17) is 0 Å². The Balaban J connectivity index is 2.62. The third-order valence-corrected chi connectivity index (χ3v) is 3.93. The average Bonchev–Trinajstić information content (AvgIpc) is 2.37. The van der Waals surface area contributed by atoms with Gasteiger partial charge in [0.2, 0.25) is 0 Å². The highest BCUT2D eigenvalue weighted by atomic mass is 15.1. The maximum Gasteiger partial charge on any atom is 0.0233 e. The highest BCUT2D eigenvalue weighted by Crippen LogP contribution is 2.22. The lowest BCUT2D eigenvalue weighted by molar-refractivity contribution is 0.145. The second-order valence-electron chi connectivity index (χ2n) is 5.79. The zero-order valence-corrected chi connectivity index (χ0v) is 12.5. The normalized spacial score (nSPS) is 13.9. The average molecular weight is 248 g/mol. The summed E-state index contributed by atoms with van der Waals surface area (Å²) in [4.78, 5) is 2.52. The van der Waals surface area contributed by atoms with Gasteiger partial charge in [-0.1, -0.05) is 51.1 Å². The van der Waals surface area contributed by atoms with Gasteiger partial charge in [-0.25, -0.2) is 0 Å². The fourth-order valence-electron chi connectivity index (χ4n) is 2.23. The van der Waals surface area contributed by atoms with Crippen LogP contribution in [0.25, 0.3) is 0 Å². The summed E-state index contributed by atoms with van der Waals surface area (Å²) < 4.78 is 0. The number of nitrogens with one attached hydrogen (secondary N) is 1. The van der Waals surface area contributed by atoms with Gasteiger partial charge in [0.05, 0.1) is 0 Å². The Kier molecular flexibility index (Phi) is 5.83. The highest BCUT2D eigenvalue weighted by molar-refractivity contribution is 5.14. The van der Waals surface area contributed by atoms with Gasteiger partial charge in [-0.15, -0.1) is 0 Å². The van der Waals surface area contributed by atoms with Crippen LogP contribution < -0.4 is 5.32 Å². The molecule has 1 rings (SSSR count). The van der Waals surface area contributed by atoms with Crippen molar-refractivity contribution in [3.63, 3.8) is 0 Å². The van der Waals surface area contributed by atoms with Gasteiger partial charge in [-0.05, 0) is 31.5 Å². The summed E-state index contributed by atoms with van der Waals surface area (Å²) in [6.45, 7) is 12.4. The molecule has 1 unspecified atom stereocenters. The van der Waals surface area contributed by atoms with Crippen molar-refractivity contribution in [3.05, 3.63) is 35.9 Å². The number of hydrogen-bond acceptors (Lipinski definition) is 2. The van der Waals surface area contributed by atoms with Crippen molar-refractivity contribution in [2.75, 3.05) is 20.1 Å². The van der Waals surface area contributed by atoms with E-state index in [1.54, 1.807) is 0 Å². The molecule has 0 bridgehead atoms. The standard InChI is InChI=1S/C16H28N2/c1-6-18(12-15-10-8-7-9-11-15)13-16(3,4)14(2)17-5/h7-11,14,17H,6,12-13H2,1-5H3. The Morgan fingerprint density at radius 1 is 1.22 bits per heavy atom. The molecule has 0 amide bonds. The summed E-state index contributed by atoms with van der Waals surface area (Å²) in [7, 11) is 2.04. The maximum absolute atomic E-state index is 3.37. The van der Waals surface area contributed by atoms with Gasteiger partial charge in [0.15, 0.2) is 0 Å². The molecule has 0 heterocycles. The third-order valence-electron chi connectivity index (χ3n) is 3.93. The van der Waals surface area contributed by atoms with E-state index in [1.807, 2.05) is 7.05 Å². The predicted molar refractivity (Wildman–Crippen MR) is 79.7 cm³/mol. The minimum atomic E-state index is 0.277. The van der Waals surface area contributed by atoms with Crippen molar-refractivity contribution in [2.24, 2.45) is 5.41 Å². The Hall–Kier alpha value is -0.860. The smallest absolute Gasteiger partial charge is 0.0233 e. The Morgan fingerprint density at radius 2 is 1.83 bits per heavy atom. The van der Waals surface area contributed by atoms with Crippen LogP contribution in [-0.4, -0.2) is 31.1 Å². The Labute approximate surface area is 112 Å². The maximum atomic E-state index is 3.37. The van der Waals surface area contributed by atoms with Gasteiger partial charge in [0.1, 0.15) is 0 Å². The molecule has 1 aromatic carbocycles. The van der Waals surface area contributed by atoms with E-state index in [0.29, 0.717) is 6.04 Å². The van der Waals surface area contributed by atoms with Crippen LogP contribution in [-0.2, 0) is 6.54 Å². The van der Waals surface area contributed by atoms with Crippen LogP contribution in [0.4, 0.5) is 0 Å². The van der Waals surface area contributed by atoms with Crippen molar-refractivity contribution in [1.29, 1.82) is 0 Å². The second-order valence-corrected chi connectivity index (χ2v) is 5.79. The first kappa shape index (κ1) is 15.2. The second kappa shape index (κ2) is 6.91. The first-order chi connectivity index (χ1) is 8.49. The first-order valence-electron chi connectivity index (χ1n) is 6.93. The Bertz CT molecular complexity index is 332. The molecule has 0 radical (unpaired) electrons. The predicted octanol–water partition coefficient (Wildman–Crippen LogP) is 3.14. The van der Waals surface area contributed by atoms with Crippen LogP contribution in [0.5, 0.6) is 0 Å². The van der Waals surface area contributed by atoms with Gasteiger partial charge >= 0.3 is 0 Å². The lowest BCUT2D eigenvalue weighted by Crippen LogP contribution is -2.45. The monoisotopic (exact) mass is 248 g/mol. The molecular weight excluding hydrogens is 220 g/mol. The molecule has 0 fully saturated rings. The number of nitrogens with zero attached hydrogens (tertiary/aromatic N) is 1.